The van der Waals surface area contributed by atoms with E-state index in [-0.39, 0.29) is 29.9 Å². The number of carbonyl (C=O) groups is 1. The highest BCUT2D eigenvalue weighted by atomic mass is 127. The summed E-state index contributed by atoms with van der Waals surface area (Å²) in [7, 11) is 3.17. The topological polar surface area (TPSA) is 93.4 Å². The maximum atomic E-state index is 11.0. The number of nitrogens with one attached hydrogen (secondary N) is 2. The summed E-state index contributed by atoms with van der Waals surface area (Å²) in [4.78, 5) is 15.2. The number of guanidine groups is 1. The number of aliphatic imine (C=N–C) groups is 1. The van der Waals surface area contributed by atoms with Gasteiger partial charge in [0.05, 0.1) is 7.11 Å². The maximum Gasteiger partial charge on any atom is 0.305 e. The van der Waals surface area contributed by atoms with Crippen molar-refractivity contribution < 1.29 is 9.53 Å². The van der Waals surface area contributed by atoms with Gasteiger partial charge in [0.2, 0.25) is 0 Å². The van der Waals surface area contributed by atoms with Gasteiger partial charge in [0.25, 0.3) is 0 Å². The molecule has 24 heavy (non-hydrogen) atoms. The van der Waals surface area contributed by atoms with Gasteiger partial charge in [-0.25, -0.2) is 0 Å². The Morgan fingerprint density at radius 1 is 1.29 bits per heavy atom. The number of hydrogen-bond donors (Lipinski definition) is 2. The number of aryl methyl sites for hydroxylation is 1. The first-order valence-electron chi connectivity index (χ1n) is 8.09. The van der Waals surface area contributed by atoms with Crippen molar-refractivity contribution in [1.29, 1.82) is 0 Å². The average molecular weight is 452 g/mol. The van der Waals surface area contributed by atoms with Gasteiger partial charge in [-0.1, -0.05) is 13.3 Å². The normalized spacial score (nSPS) is 10.9. The Morgan fingerprint density at radius 3 is 2.71 bits per heavy atom. The molecule has 1 heterocycles. The SMILES string of the molecule is CCc1nncn1CCNC(=NC)NCCCCCC(=O)OC.I. The van der Waals surface area contributed by atoms with Crippen LogP contribution in [-0.2, 0) is 22.5 Å². The third kappa shape index (κ3) is 9.04. The molecule has 2 N–H and O–H groups in total. The predicted molar refractivity (Wildman–Crippen MR) is 105 cm³/mol. The second-order valence-corrected chi connectivity index (χ2v) is 5.11. The predicted octanol–water partition coefficient (Wildman–Crippen LogP) is 1.36. The van der Waals surface area contributed by atoms with E-state index in [9.17, 15) is 4.79 Å². The van der Waals surface area contributed by atoms with E-state index in [1.807, 2.05) is 4.57 Å². The molecule has 1 rings (SSSR count). The number of ether oxygens (including phenoxy) is 1. The van der Waals surface area contributed by atoms with E-state index in [1.54, 1.807) is 13.4 Å². The van der Waals surface area contributed by atoms with Crippen molar-refractivity contribution >= 4 is 35.9 Å². The summed E-state index contributed by atoms with van der Waals surface area (Å²) in [6.45, 7) is 4.45. The molecule has 0 radical (unpaired) electrons. The molecule has 0 aliphatic carbocycles. The van der Waals surface area contributed by atoms with Crippen LogP contribution in [-0.4, -0.2) is 53.9 Å². The molecule has 0 amide bonds. The number of rotatable bonds is 10. The van der Waals surface area contributed by atoms with Crippen LogP contribution in [0.3, 0.4) is 0 Å². The number of carbonyl (C=O) groups excluding carboxylic acids is 1. The van der Waals surface area contributed by atoms with Crippen LogP contribution in [0, 0.1) is 0 Å². The van der Waals surface area contributed by atoms with Crippen molar-refractivity contribution in [2.45, 2.75) is 45.6 Å². The highest BCUT2D eigenvalue weighted by molar-refractivity contribution is 14.0. The van der Waals surface area contributed by atoms with Gasteiger partial charge in [-0.05, 0) is 12.8 Å². The number of methoxy groups -OCH3 is 1. The molecule has 1 aromatic heterocycles. The lowest BCUT2D eigenvalue weighted by atomic mass is 10.2. The first kappa shape index (κ1) is 22.6. The van der Waals surface area contributed by atoms with Crippen LogP contribution in [0.25, 0.3) is 0 Å². The molecule has 0 fully saturated rings. The number of nitrogens with zero attached hydrogens (tertiary/aromatic N) is 4. The minimum atomic E-state index is -0.143. The Morgan fingerprint density at radius 2 is 2.04 bits per heavy atom. The van der Waals surface area contributed by atoms with Crippen molar-refractivity contribution in [3.8, 4) is 0 Å². The summed E-state index contributed by atoms with van der Waals surface area (Å²) in [5.41, 5.74) is 0. The van der Waals surface area contributed by atoms with Gasteiger partial charge < -0.3 is 19.9 Å². The number of hydrogen-bond acceptors (Lipinski definition) is 5. The third-order valence-electron chi connectivity index (χ3n) is 3.46. The smallest absolute Gasteiger partial charge is 0.305 e. The van der Waals surface area contributed by atoms with Crippen LogP contribution in [0.2, 0.25) is 0 Å². The zero-order valence-corrected chi connectivity index (χ0v) is 17.1. The van der Waals surface area contributed by atoms with Gasteiger partial charge in [0.1, 0.15) is 12.2 Å². The molecule has 0 aromatic carbocycles. The fraction of sp³-hybridized carbons (Fsp3) is 0.733. The molecule has 138 valence electrons. The second-order valence-electron chi connectivity index (χ2n) is 5.11. The molecule has 0 spiro atoms. The first-order valence-corrected chi connectivity index (χ1v) is 8.09. The van der Waals surface area contributed by atoms with Crippen molar-refractivity contribution in [3.05, 3.63) is 12.2 Å². The summed E-state index contributed by atoms with van der Waals surface area (Å²) in [6, 6.07) is 0. The van der Waals surface area contributed by atoms with Crippen molar-refractivity contribution in [2.75, 3.05) is 27.2 Å². The van der Waals surface area contributed by atoms with E-state index in [4.69, 9.17) is 0 Å². The Labute approximate surface area is 160 Å². The van der Waals surface area contributed by atoms with E-state index >= 15 is 0 Å². The van der Waals surface area contributed by atoms with E-state index < -0.39 is 0 Å². The monoisotopic (exact) mass is 452 g/mol. The lowest BCUT2D eigenvalue weighted by Crippen LogP contribution is -2.39. The van der Waals surface area contributed by atoms with E-state index in [0.717, 1.165) is 57.1 Å². The molecule has 8 nitrogen and oxygen atoms in total. The summed E-state index contributed by atoms with van der Waals surface area (Å²) in [5, 5.41) is 14.5. The molecule has 0 saturated heterocycles. The molecular weight excluding hydrogens is 423 g/mol. The summed E-state index contributed by atoms with van der Waals surface area (Å²) < 4.78 is 6.64. The van der Waals surface area contributed by atoms with Gasteiger partial charge in [-0.3, -0.25) is 9.79 Å². The number of halogens is 1. The number of aromatic nitrogens is 3. The Balaban J connectivity index is 0.00000529. The Bertz CT molecular complexity index is 492. The standard InChI is InChI=1S/C15H28N6O2.HI/c1-4-13-20-19-12-21(13)11-10-18-15(16-2)17-9-7-5-6-8-14(22)23-3;/h12H,4-11H2,1-3H3,(H2,16,17,18);1H. The van der Waals surface area contributed by atoms with Gasteiger partial charge in [-0.15, -0.1) is 34.2 Å². The molecule has 0 bridgehead atoms. The molecule has 0 saturated carbocycles. The molecule has 0 unspecified atom stereocenters. The highest BCUT2D eigenvalue weighted by Crippen LogP contribution is 2.00. The first-order chi connectivity index (χ1) is 11.2. The minimum Gasteiger partial charge on any atom is -0.469 e. The fourth-order valence-electron chi connectivity index (χ4n) is 2.13. The van der Waals surface area contributed by atoms with E-state index in [2.05, 4.69) is 37.5 Å². The largest absolute Gasteiger partial charge is 0.469 e. The summed E-state index contributed by atoms with van der Waals surface area (Å²) in [5.74, 6) is 1.63. The third-order valence-corrected chi connectivity index (χ3v) is 3.46. The average Bonchev–Trinajstić information content (AvgIpc) is 3.03. The zero-order chi connectivity index (χ0) is 16.9. The zero-order valence-electron chi connectivity index (χ0n) is 14.7. The molecule has 0 aliphatic heterocycles. The summed E-state index contributed by atoms with van der Waals surface area (Å²) in [6.07, 6.45) is 5.94. The lowest BCUT2D eigenvalue weighted by molar-refractivity contribution is -0.140. The van der Waals surface area contributed by atoms with Crippen molar-refractivity contribution in [1.82, 2.24) is 25.4 Å². The van der Waals surface area contributed by atoms with Gasteiger partial charge in [0.15, 0.2) is 5.96 Å². The van der Waals surface area contributed by atoms with Gasteiger partial charge in [-0.2, -0.15) is 0 Å². The van der Waals surface area contributed by atoms with Crippen LogP contribution in [0.4, 0.5) is 0 Å². The van der Waals surface area contributed by atoms with Gasteiger partial charge in [0, 0.05) is 39.5 Å². The lowest BCUT2D eigenvalue weighted by Gasteiger charge is -2.12. The number of esters is 1. The van der Waals surface area contributed by atoms with Crippen molar-refractivity contribution in [3.63, 3.8) is 0 Å². The van der Waals surface area contributed by atoms with Crippen LogP contribution < -0.4 is 10.6 Å². The van der Waals surface area contributed by atoms with E-state index in [0.29, 0.717) is 6.42 Å². The van der Waals surface area contributed by atoms with Crippen LogP contribution in [0.1, 0.15) is 38.4 Å². The van der Waals surface area contributed by atoms with Crippen LogP contribution in [0.15, 0.2) is 11.3 Å². The molecular formula is C15H29IN6O2. The van der Waals surface area contributed by atoms with Crippen molar-refractivity contribution in [2.24, 2.45) is 4.99 Å². The molecule has 9 heteroatoms. The van der Waals surface area contributed by atoms with E-state index in [1.165, 1.54) is 7.11 Å². The molecule has 1 aromatic rings. The van der Waals surface area contributed by atoms with Crippen LogP contribution in [0.5, 0.6) is 0 Å². The highest BCUT2D eigenvalue weighted by Gasteiger charge is 2.02. The second kappa shape index (κ2) is 14.0. The fourth-order valence-corrected chi connectivity index (χ4v) is 2.13. The minimum absolute atomic E-state index is 0. The van der Waals surface area contributed by atoms with Crippen LogP contribution >= 0.6 is 24.0 Å². The maximum absolute atomic E-state index is 11.0. The summed E-state index contributed by atoms with van der Waals surface area (Å²) >= 11 is 0. The number of unbranched alkanes of at least 4 members (excludes halogenated alkanes) is 2. The van der Waals surface area contributed by atoms with Gasteiger partial charge >= 0.3 is 5.97 Å². The molecule has 0 atom stereocenters. The Hall–Kier alpha value is -1.39. The quantitative estimate of drug-likeness (QED) is 0.183. The Kier molecular flexibility index (Phi) is 13.2. The molecule has 0 aliphatic rings.